The van der Waals surface area contributed by atoms with Crippen LogP contribution in [-0.2, 0) is 20.7 Å². The van der Waals surface area contributed by atoms with Gasteiger partial charge in [0.25, 0.3) is 0 Å². The first-order chi connectivity index (χ1) is 18.6. The Bertz CT molecular complexity index is 1540. The molecule has 8 nitrogen and oxygen atoms in total. The molecule has 0 saturated heterocycles. The van der Waals surface area contributed by atoms with Crippen molar-refractivity contribution in [1.82, 2.24) is 9.47 Å². The number of aromatic nitrogens is 1. The zero-order valence-electron chi connectivity index (χ0n) is 22.3. The third-order valence-electron chi connectivity index (χ3n) is 6.88. The Balaban J connectivity index is 1.62. The molecule has 1 N–H and O–H groups in total. The lowest BCUT2D eigenvalue weighted by molar-refractivity contribution is -0.143. The van der Waals surface area contributed by atoms with E-state index in [0.717, 1.165) is 22.3 Å². The highest BCUT2D eigenvalue weighted by Crippen LogP contribution is 2.47. The smallest absolute Gasteiger partial charge is 0.419 e. The van der Waals surface area contributed by atoms with E-state index in [2.05, 4.69) is 0 Å². The second-order valence-electron chi connectivity index (χ2n) is 10.5. The van der Waals surface area contributed by atoms with E-state index >= 15 is 0 Å². The molecule has 0 saturated carbocycles. The third kappa shape index (κ3) is 4.74. The summed E-state index contributed by atoms with van der Waals surface area (Å²) < 4.78 is 12.1. The molecule has 3 aromatic carbocycles. The van der Waals surface area contributed by atoms with Gasteiger partial charge in [-0.05, 0) is 54.7 Å². The SMILES string of the molecule is COC(=O)N(C(Cc1cn(C(=O)OC(C)(C)C)c2ccccc12)C(=O)O)C1c2ccccc2-c2ccccc21. The molecule has 39 heavy (non-hydrogen) atoms. The Morgan fingerprint density at radius 1 is 0.923 bits per heavy atom. The Morgan fingerprint density at radius 2 is 1.49 bits per heavy atom. The molecule has 0 radical (unpaired) electrons. The number of carboxylic acid groups (broad SMARTS) is 1. The van der Waals surface area contributed by atoms with Crippen LogP contribution in [0.2, 0.25) is 0 Å². The molecule has 0 fully saturated rings. The summed E-state index contributed by atoms with van der Waals surface area (Å²) in [6.45, 7) is 5.34. The van der Waals surface area contributed by atoms with E-state index in [4.69, 9.17) is 9.47 Å². The van der Waals surface area contributed by atoms with Gasteiger partial charge in [-0.3, -0.25) is 9.47 Å². The standard InChI is InChI=1S/C31H30N2O6/c1-31(2,3)39-29(36)32-18-19(20-11-9-10-16-25(20)32)17-26(28(34)35)33(30(37)38-4)27-23-14-7-5-12-21(23)22-13-6-8-15-24(22)27/h5-16,18,26-27H,17H2,1-4H3,(H,34,35). The van der Waals surface area contributed by atoms with E-state index in [1.54, 1.807) is 39.1 Å². The minimum absolute atomic E-state index is 0.0540. The molecule has 4 aromatic rings. The van der Waals surface area contributed by atoms with E-state index in [9.17, 15) is 19.5 Å². The zero-order chi connectivity index (χ0) is 27.9. The molecule has 5 rings (SSSR count). The highest BCUT2D eigenvalue weighted by Gasteiger charge is 2.42. The number of hydrogen-bond donors (Lipinski definition) is 1. The maximum atomic E-state index is 13.3. The Morgan fingerprint density at radius 3 is 2.05 bits per heavy atom. The fourth-order valence-electron chi connectivity index (χ4n) is 5.33. The first kappa shape index (κ1) is 26.0. The van der Waals surface area contributed by atoms with Gasteiger partial charge in [-0.2, -0.15) is 0 Å². The average molecular weight is 527 g/mol. The Kier molecular flexibility index (Phi) is 6.64. The van der Waals surface area contributed by atoms with Crippen molar-refractivity contribution in [2.45, 2.75) is 44.9 Å². The largest absolute Gasteiger partial charge is 0.480 e. The van der Waals surface area contributed by atoms with Gasteiger partial charge in [-0.25, -0.2) is 14.4 Å². The van der Waals surface area contributed by atoms with Gasteiger partial charge < -0.3 is 14.6 Å². The fraction of sp³-hybridized carbons (Fsp3) is 0.258. The number of benzene rings is 3. The lowest BCUT2D eigenvalue weighted by atomic mass is 9.98. The lowest BCUT2D eigenvalue weighted by Crippen LogP contribution is -2.48. The van der Waals surface area contributed by atoms with Gasteiger partial charge in [0, 0.05) is 18.0 Å². The van der Waals surface area contributed by atoms with Crippen molar-refractivity contribution in [2.24, 2.45) is 0 Å². The number of amides is 1. The lowest BCUT2D eigenvalue weighted by Gasteiger charge is -2.34. The second kappa shape index (κ2) is 9.94. The third-order valence-corrected chi connectivity index (χ3v) is 6.88. The molecule has 0 spiro atoms. The highest BCUT2D eigenvalue weighted by atomic mass is 16.6. The first-order valence-corrected chi connectivity index (χ1v) is 12.7. The number of ether oxygens (including phenoxy) is 2. The van der Waals surface area contributed by atoms with E-state index < -0.39 is 35.8 Å². The molecule has 1 heterocycles. The van der Waals surface area contributed by atoms with Gasteiger partial charge >= 0.3 is 18.2 Å². The number of para-hydroxylation sites is 1. The summed E-state index contributed by atoms with van der Waals surface area (Å²) in [5.41, 5.74) is 4.01. The van der Waals surface area contributed by atoms with Crippen LogP contribution in [0, 0.1) is 0 Å². The maximum Gasteiger partial charge on any atom is 0.419 e. The molecule has 1 unspecified atom stereocenters. The molecule has 1 atom stereocenters. The van der Waals surface area contributed by atoms with E-state index in [1.807, 2.05) is 60.7 Å². The number of rotatable bonds is 5. The maximum absolute atomic E-state index is 13.3. The zero-order valence-corrected chi connectivity index (χ0v) is 22.3. The van der Waals surface area contributed by atoms with E-state index in [1.165, 1.54) is 16.6 Å². The molecule has 200 valence electrons. The number of hydrogen-bond acceptors (Lipinski definition) is 5. The topological polar surface area (TPSA) is 98.1 Å². The van der Waals surface area contributed by atoms with Crippen molar-refractivity contribution in [3.05, 3.63) is 95.7 Å². The van der Waals surface area contributed by atoms with Gasteiger partial charge in [-0.15, -0.1) is 0 Å². The Labute approximate surface area is 226 Å². The van der Waals surface area contributed by atoms with Gasteiger partial charge in [-0.1, -0.05) is 66.7 Å². The summed E-state index contributed by atoms with van der Waals surface area (Å²) in [5, 5.41) is 11.2. The summed E-state index contributed by atoms with van der Waals surface area (Å²) in [5.74, 6) is -1.18. The van der Waals surface area contributed by atoms with Crippen molar-refractivity contribution in [3.63, 3.8) is 0 Å². The van der Waals surface area contributed by atoms with E-state index in [-0.39, 0.29) is 6.42 Å². The second-order valence-corrected chi connectivity index (χ2v) is 10.5. The molecule has 0 bridgehead atoms. The van der Waals surface area contributed by atoms with Crippen LogP contribution < -0.4 is 0 Å². The summed E-state index contributed by atoms with van der Waals surface area (Å²) in [6, 6.07) is 20.6. The number of methoxy groups -OCH3 is 1. The van der Waals surface area contributed by atoms with Crippen LogP contribution >= 0.6 is 0 Å². The van der Waals surface area contributed by atoms with Gasteiger partial charge in [0.15, 0.2) is 0 Å². The summed E-state index contributed by atoms with van der Waals surface area (Å²) in [7, 11) is 1.25. The molecule has 8 heteroatoms. The molecular formula is C31H30N2O6. The average Bonchev–Trinajstić information content (AvgIpc) is 3.44. The van der Waals surface area contributed by atoms with Crippen LogP contribution in [0.25, 0.3) is 22.0 Å². The molecule has 1 aromatic heterocycles. The molecule has 1 aliphatic carbocycles. The minimum atomic E-state index is -1.29. The van der Waals surface area contributed by atoms with Gasteiger partial charge in [0.1, 0.15) is 11.6 Å². The van der Waals surface area contributed by atoms with Gasteiger partial charge in [0.05, 0.1) is 18.7 Å². The molecule has 0 aliphatic heterocycles. The van der Waals surface area contributed by atoms with Crippen LogP contribution in [0.1, 0.15) is 43.5 Å². The van der Waals surface area contributed by atoms with Crippen LogP contribution in [-0.4, -0.2) is 51.5 Å². The predicted molar refractivity (Wildman–Crippen MR) is 147 cm³/mol. The normalized spacial score (nSPS) is 13.4. The summed E-state index contributed by atoms with van der Waals surface area (Å²) in [6.07, 6.45) is 0.220. The van der Waals surface area contributed by atoms with Crippen LogP contribution in [0.4, 0.5) is 9.59 Å². The highest BCUT2D eigenvalue weighted by molar-refractivity contribution is 5.93. The minimum Gasteiger partial charge on any atom is -0.480 e. The van der Waals surface area contributed by atoms with Crippen molar-refractivity contribution >= 4 is 29.1 Å². The van der Waals surface area contributed by atoms with Crippen LogP contribution in [0.3, 0.4) is 0 Å². The van der Waals surface area contributed by atoms with Crippen molar-refractivity contribution in [1.29, 1.82) is 0 Å². The van der Waals surface area contributed by atoms with E-state index in [0.29, 0.717) is 16.5 Å². The quantitative estimate of drug-likeness (QED) is 0.330. The van der Waals surface area contributed by atoms with Crippen molar-refractivity contribution < 1.29 is 29.0 Å². The number of carboxylic acids is 1. The van der Waals surface area contributed by atoms with Gasteiger partial charge in [0.2, 0.25) is 0 Å². The fourth-order valence-corrected chi connectivity index (χ4v) is 5.33. The number of carbonyl (C=O) groups is 3. The predicted octanol–water partition coefficient (Wildman–Crippen LogP) is 6.26. The van der Waals surface area contributed by atoms with Crippen LogP contribution in [0.15, 0.2) is 79.0 Å². The number of carbonyl (C=O) groups excluding carboxylic acids is 2. The molecule has 1 aliphatic rings. The monoisotopic (exact) mass is 526 g/mol. The van der Waals surface area contributed by atoms with Crippen molar-refractivity contribution in [3.8, 4) is 11.1 Å². The summed E-state index contributed by atoms with van der Waals surface area (Å²) >= 11 is 0. The number of nitrogens with zero attached hydrogens (tertiary/aromatic N) is 2. The molecular weight excluding hydrogens is 496 g/mol. The van der Waals surface area contributed by atoms with Crippen molar-refractivity contribution in [2.75, 3.05) is 7.11 Å². The first-order valence-electron chi connectivity index (χ1n) is 12.7. The summed E-state index contributed by atoms with van der Waals surface area (Å²) in [4.78, 5) is 40.5. The van der Waals surface area contributed by atoms with Crippen LogP contribution in [0.5, 0.6) is 0 Å². The molecule has 1 amide bonds. The number of fused-ring (bicyclic) bond motifs is 4. The number of aliphatic carboxylic acids is 1. The Hall–Kier alpha value is -4.59.